The van der Waals surface area contributed by atoms with Crippen molar-refractivity contribution in [2.45, 2.75) is 32.2 Å². The Labute approximate surface area is 113 Å². The van der Waals surface area contributed by atoms with Crippen LogP contribution in [0.2, 0.25) is 0 Å². The van der Waals surface area contributed by atoms with E-state index in [1.54, 1.807) is 0 Å². The molecule has 0 amide bonds. The van der Waals surface area contributed by atoms with Crippen LogP contribution in [0.15, 0.2) is 18.2 Å². The van der Waals surface area contributed by atoms with Gasteiger partial charge in [-0.25, -0.2) is 4.52 Å². The van der Waals surface area contributed by atoms with Gasteiger partial charge in [-0.05, 0) is 45.4 Å². The number of aryl methyl sites for hydroxylation is 1. The van der Waals surface area contributed by atoms with Crippen molar-refractivity contribution in [3.63, 3.8) is 0 Å². The molecule has 0 bridgehead atoms. The van der Waals surface area contributed by atoms with Crippen molar-refractivity contribution in [2.75, 3.05) is 25.0 Å². The molecule has 5 nitrogen and oxygen atoms in total. The Morgan fingerprint density at radius 3 is 3.05 bits per heavy atom. The highest BCUT2D eigenvalue weighted by molar-refractivity contribution is 5.46. The van der Waals surface area contributed by atoms with Gasteiger partial charge in [0.15, 0.2) is 5.65 Å². The molecule has 2 aromatic rings. The third kappa shape index (κ3) is 2.30. The van der Waals surface area contributed by atoms with Gasteiger partial charge in [0.2, 0.25) is 5.95 Å². The lowest BCUT2D eigenvalue weighted by Gasteiger charge is -2.34. The highest BCUT2D eigenvalue weighted by Gasteiger charge is 2.25. The third-order valence-corrected chi connectivity index (χ3v) is 3.86. The van der Waals surface area contributed by atoms with Gasteiger partial charge in [-0.1, -0.05) is 6.07 Å². The molecule has 3 heterocycles. The summed E-state index contributed by atoms with van der Waals surface area (Å²) in [6.45, 7) is 4.11. The Balaban J connectivity index is 1.95. The number of hydrogen-bond donors (Lipinski definition) is 1. The topological polar surface area (TPSA) is 45.5 Å². The average molecular weight is 259 g/mol. The first kappa shape index (κ1) is 12.4. The summed E-state index contributed by atoms with van der Waals surface area (Å²) < 4.78 is 1.93. The Morgan fingerprint density at radius 1 is 1.37 bits per heavy atom. The lowest BCUT2D eigenvalue weighted by atomic mass is 10.0. The second-order valence-electron chi connectivity index (χ2n) is 5.25. The number of rotatable bonds is 3. The van der Waals surface area contributed by atoms with E-state index < -0.39 is 0 Å². The highest BCUT2D eigenvalue weighted by Crippen LogP contribution is 2.22. The predicted octanol–water partition coefficient (Wildman–Crippen LogP) is 1.62. The number of likely N-dealkylation sites (N-methyl/N-ethyl adjacent to an activating group) is 1. The van der Waals surface area contributed by atoms with Crippen molar-refractivity contribution < 1.29 is 0 Å². The Kier molecular flexibility index (Phi) is 3.38. The molecule has 1 aliphatic rings. The zero-order chi connectivity index (χ0) is 13.2. The fourth-order valence-corrected chi connectivity index (χ4v) is 2.86. The molecule has 3 rings (SSSR count). The molecule has 1 aliphatic heterocycles. The number of anilines is 1. The highest BCUT2D eigenvalue weighted by atomic mass is 15.4. The summed E-state index contributed by atoms with van der Waals surface area (Å²) in [5, 5.41) is 7.95. The molecule has 0 spiro atoms. The van der Waals surface area contributed by atoms with Crippen molar-refractivity contribution in [3.05, 3.63) is 23.9 Å². The van der Waals surface area contributed by atoms with E-state index in [-0.39, 0.29) is 0 Å². The van der Waals surface area contributed by atoms with Gasteiger partial charge < -0.3 is 10.2 Å². The first-order valence-corrected chi connectivity index (χ1v) is 7.03. The maximum absolute atomic E-state index is 4.68. The van der Waals surface area contributed by atoms with Crippen LogP contribution in [0.5, 0.6) is 0 Å². The third-order valence-electron chi connectivity index (χ3n) is 3.86. The molecule has 5 heteroatoms. The molecule has 0 radical (unpaired) electrons. The molecule has 0 aliphatic carbocycles. The van der Waals surface area contributed by atoms with E-state index in [4.69, 9.17) is 0 Å². The Hall–Kier alpha value is -1.62. The lowest BCUT2D eigenvalue weighted by molar-refractivity contribution is 0.440. The molecule has 19 heavy (non-hydrogen) atoms. The van der Waals surface area contributed by atoms with Crippen LogP contribution in [0.25, 0.3) is 5.65 Å². The molecule has 0 saturated carbocycles. The van der Waals surface area contributed by atoms with Crippen molar-refractivity contribution >= 4 is 11.6 Å². The van der Waals surface area contributed by atoms with Crippen LogP contribution in [0.4, 0.5) is 5.95 Å². The van der Waals surface area contributed by atoms with Crippen LogP contribution in [-0.2, 0) is 0 Å². The van der Waals surface area contributed by atoms with E-state index in [9.17, 15) is 0 Å². The second-order valence-corrected chi connectivity index (χ2v) is 5.25. The molecular formula is C14H21N5. The molecule has 1 fully saturated rings. The van der Waals surface area contributed by atoms with E-state index in [1.807, 2.05) is 23.7 Å². The Morgan fingerprint density at radius 2 is 2.26 bits per heavy atom. The number of nitrogens with zero attached hydrogens (tertiary/aromatic N) is 4. The van der Waals surface area contributed by atoms with E-state index in [0.717, 1.165) is 30.4 Å². The summed E-state index contributed by atoms with van der Waals surface area (Å²) in [7, 11) is 2.01. The zero-order valence-corrected chi connectivity index (χ0v) is 11.6. The van der Waals surface area contributed by atoms with Gasteiger partial charge in [0, 0.05) is 24.8 Å². The quantitative estimate of drug-likeness (QED) is 0.909. The van der Waals surface area contributed by atoms with Gasteiger partial charge >= 0.3 is 0 Å². The second kappa shape index (κ2) is 5.17. The zero-order valence-electron chi connectivity index (χ0n) is 11.6. The van der Waals surface area contributed by atoms with E-state index >= 15 is 0 Å². The van der Waals surface area contributed by atoms with Gasteiger partial charge in [-0.3, -0.25) is 0 Å². The summed E-state index contributed by atoms with van der Waals surface area (Å²) in [5.41, 5.74) is 2.06. The van der Waals surface area contributed by atoms with Crippen molar-refractivity contribution in [3.8, 4) is 0 Å². The van der Waals surface area contributed by atoms with Gasteiger partial charge in [-0.2, -0.15) is 4.98 Å². The lowest BCUT2D eigenvalue weighted by Crippen LogP contribution is -2.45. The minimum atomic E-state index is 0.511. The van der Waals surface area contributed by atoms with Crippen LogP contribution in [0.1, 0.15) is 25.0 Å². The van der Waals surface area contributed by atoms with Crippen LogP contribution in [0, 0.1) is 6.92 Å². The van der Waals surface area contributed by atoms with Crippen molar-refractivity contribution in [1.82, 2.24) is 19.9 Å². The number of hydrogen-bond acceptors (Lipinski definition) is 4. The summed E-state index contributed by atoms with van der Waals surface area (Å²) >= 11 is 0. The molecule has 1 N–H and O–H groups in total. The first-order valence-electron chi connectivity index (χ1n) is 7.03. The summed E-state index contributed by atoms with van der Waals surface area (Å²) in [4.78, 5) is 7.03. The monoisotopic (exact) mass is 259 g/mol. The molecule has 2 aromatic heterocycles. The SMILES string of the molecule is CNCC1CCCCN1c1nc2cccc(C)n2n1. The predicted molar refractivity (Wildman–Crippen MR) is 76.6 cm³/mol. The fourth-order valence-electron chi connectivity index (χ4n) is 2.86. The smallest absolute Gasteiger partial charge is 0.245 e. The summed E-state index contributed by atoms with van der Waals surface area (Å²) in [6.07, 6.45) is 3.75. The number of aromatic nitrogens is 3. The largest absolute Gasteiger partial charge is 0.335 e. The molecular weight excluding hydrogens is 238 g/mol. The van der Waals surface area contributed by atoms with Gasteiger partial charge in [0.05, 0.1) is 0 Å². The van der Waals surface area contributed by atoms with E-state index in [0.29, 0.717) is 6.04 Å². The molecule has 0 aromatic carbocycles. The average Bonchev–Trinajstić information content (AvgIpc) is 2.85. The van der Waals surface area contributed by atoms with Crippen molar-refractivity contribution in [2.24, 2.45) is 0 Å². The van der Waals surface area contributed by atoms with Gasteiger partial charge in [0.1, 0.15) is 0 Å². The molecule has 1 saturated heterocycles. The fraction of sp³-hybridized carbons (Fsp3) is 0.571. The number of nitrogens with one attached hydrogen (secondary N) is 1. The number of fused-ring (bicyclic) bond motifs is 1. The number of pyridine rings is 1. The summed E-state index contributed by atoms with van der Waals surface area (Å²) in [5.74, 6) is 0.870. The number of piperidine rings is 1. The normalized spacial score (nSPS) is 20.1. The Bertz CT molecular complexity index is 560. The van der Waals surface area contributed by atoms with E-state index in [2.05, 4.69) is 33.3 Å². The standard InChI is InChI=1S/C14H21N5/c1-11-6-5-8-13-16-14(17-19(11)13)18-9-4-3-7-12(18)10-15-2/h5-6,8,12,15H,3-4,7,9-10H2,1-2H3. The molecule has 102 valence electrons. The van der Waals surface area contributed by atoms with Gasteiger partial charge in [0.25, 0.3) is 0 Å². The minimum absolute atomic E-state index is 0.511. The van der Waals surface area contributed by atoms with E-state index in [1.165, 1.54) is 19.3 Å². The van der Waals surface area contributed by atoms with Crippen LogP contribution >= 0.6 is 0 Å². The first-order chi connectivity index (χ1) is 9.29. The van der Waals surface area contributed by atoms with Crippen LogP contribution in [-0.4, -0.2) is 40.8 Å². The van der Waals surface area contributed by atoms with Gasteiger partial charge in [-0.15, -0.1) is 5.10 Å². The van der Waals surface area contributed by atoms with Crippen LogP contribution in [0.3, 0.4) is 0 Å². The minimum Gasteiger partial charge on any atom is -0.335 e. The maximum atomic E-state index is 4.68. The summed E-state index contributed by atoms with van der Waals surface area (Å²) in [6, 6.07) is 6.62. The molecule has 1 unspecified atom stereocenters. The maximum Gasteiger partial charge on any atom is 0.245 e. The van der Waals surface area contributed by atoms with Crippen molar-refractivity contribution in [1.29, 1.82) is 0 Å². The molecule has 1 atom stereocenters. The van der Waals surface area contributed by atoms with Crippen LogP contribution < -0.4 is 10.2 Å².